The molecule has 370 valence electrons. The lowest BCUT2D eigenvalue weighted by Gasteiger charge is -2.31. The normalized spacial score (nSPS) is 20.4. The quantitative estimate of drug-likeness (QED) is 0.0700. The maximum absolute atomic E-state index is 13.7. The summed E-state index contributed by atoms with van der Waals surface area (Å²) in [5.74, 6) is 0.238. The van der Waals surface area contributed by atoms with E-state index >= 15 is 0 Å². The number of likely N-dealkylation sites (tertiary alicyclic amines) is 1. The van der Waals surface area contributed by atoms with Crippen LogP contribution in [0.15, 0.2) is 91.0 Å². The highest BCUT2D eigenvalue weighted by atomic mass is 32.1. The van der Waals surface area contributed by atoms with Gasteiger partial charge < -0.3 is 19.6 Å². The predicted octanol–water partition coefficient (Wildman–Crippen LogP) is 10.2. The maximum atomic E-state index is 13.7. The van der Waals surface area contributed by atoms with Gasteiger partial charge in [0.2, 0.25) is 11.8 Å². The number of fused-ring (bicyclic) bond motifs is 3. The van der Waals surface area contributed by atoms with Gasteiger partial charge in [0.15, 0.2) is 10.8 Å². The van der Waals surface area contributed by atoms with Gasteiger partial charge in [0.25, 0.3) is 5.91 Å². The van der Waals surface area contributed by atoms with Crippen LogP contribution in [0, 0.1) is 12.8 Å². The van der Waals surface area contributed by atoms with Gasteiger partial charge in [-0.2, -0.15) is 5.10 Å². The molecular weight excluding hydrogens is 925 g/mol. The number of benzene rings is 4. The van der Waals surface area contributed by atoms with Crippen molar-refractivity contribution in [1.29, 1.82) is 0 Å². The number of aryl methyl sites for hydroxylation is 1. The summed E-state index contributed by atoms with van der Waals surface area (Å²) in [7, 11) is 1.96. The molecule has 3 aromatic heterocycles. The molecule has 3 aliphatic heterocycles. The van der Waals surface area contributed by atoms with Crippen molar-refractivity contribution in [2.24, 2.45) is 13.0 Å². The average molecular weight is 985 g/mol. The van der Waals surface area contributed by atoms with Crippen molar-refractivity contribution in [3.05, 3.63) is 130 Å². The lowest BCUT2D eigenvalue weighted by Crippen LogP contribution is -2.39. The molecule has 2 saturated heterocycles. The number of carboxylic acid groups (broad SMARTS) is 1. The minimum absolute atomic E-state index is 0.0186. The van der Waals surface area contributed by atoms with Crippen molar-refractivity contribution in [3.63, 3.8) is 0 Å². The lowest BCUT2D eigenvalue weighted by atomic mass is 9.84. The molecule has 14 nitrogen and oxygen atoms in total. The second kappa shape index (κ2) is 20.3. The molecule has 0 bridgehead atoms. The molecule has 0 radical (unpaired) electrons. The van der Waals surface area contributed by atoms with Gasteiger partial charge in [-0.3, -0.25) is 29.7 Å². The zero-order valence-electron chi connectivity index (χ0n) is 40.9. The Balaban J connectivity index is 0.670. The van der Waals surface area contributed by atoms with Gasteiger partial charge in [-0.25, -0.2) is 14.8 Å². The van der Waals surface area contributed by atoms with Crippen LogP contribution in [0.25, 0.3) is 32.2 Å². The summed E-state index contributed by atoms with van der Waals surface area (Å²) in [6.45, 7) is 6.24. The Hall–Kier alpha value is -6.97. The molecule has 1 saturated carbocycles. The summed E-state index contributed by atoms with van der Waals surface area (Å²) in [4.78, 5) is 65.1. The molecule has 3 N–H and O–H groups in total. The largest absolute Gasteiger partial charge is 0.490 e. The zero-order chi connectivity index (χ0) is 49.5. The standard InChI is InChI=1S/C57H60N8O6S/c1-34-39(41-23-25-49(59-52(41)56(69)70)65-31-28-36-11-7-14-42(45(36)33-65)54(67)61-57-58-46-16-3-4-18-48(46)72-57)12-9-17-47(34)71-38-21-19-35(20-22-38)10-5-6-29-64-30-27-37(32-64)40-13-8-15-43-51(62-63(2)53(40)43)44-24-26-50(66)60-55(44)68/h3-4,7-9,11-18,23,25,35,37-38,44H,5-6,10,19-22,24,26-33H2,1-2H3,(H,69,70)(H,58,61,67)(H,60,66,68)/t35?,37-,38?,44+/m1/s1. The van der Waals surface area contributed by atoms with E-state index in [0.29, 0.717) is 66.3 Å². The number of imide groups is 1. The highest BCUT2D eigenvalue weighted by Crippen LogP contribution is 2.39. The van der Waals surface area contributed by atoms with Gasteiger partial charge in [-0.05, 0) is 147 Å². The highest BCUT2D eigenvalue weighted by molar-refractivity contribution is 7.22. The minimum atomic E-state index is -1.10. The number of nitrogens with zero attached hydrogens (tertiary/aromatic N) is 6. The van der Waals surface area contributed by atoms with E-state index in [0.717, 1.165) is 107 Å². The van der Waals surface area contributed by atoms with Crippen LogP contribution in [0.2, 0.25) is 0 Å². The molecule has 0 unspecified atom stereocenters. The van der Waals surface area contributed by atoms with Crippen LogP contribution in [-0.4, -0.2) is 85.7 Å². The van der Waals surface area contributed by atoms with E-state index in [2.05, 4.69) is 43.6 Å². The summed E-state index contributed by atoms with van der Waals surface area (Å²) in [5, 5.41) is 22.4. The number of piperidine rings is 1. The van der Waals surface area contributed by atoms with Crippen molar-refractivity contribution < 1.29 is 29.0 Å². The fourth-order valence-corrected chi connectivity index (χ4v) is 12.7. The Labute approximate surface area is 422 Å². The number of aromatic nitrogens is 4. The molecule has 72 heavy (non-hydrogen) atoms. The number of pyridine rings is 1. The average Bonchev–Trinajstić information content (AvgIpc) is 4.13. The van der Waals surface area contributed by atoms with Crippen molar-refractivity contribution in [3.8, 4) is 16.9 Å². The highest BCUT2D eigenvalue weighted by Gasteiger charge is 2.34. The zero-order valence-corrected chi connectivity index (χ0v) is 41.7. The Kier molecular flexibility index (Phi) is 13.3. The number of thiazole rings is 1. The number of ether oxygens (including phenoxy) is 1. The van der Waals surface area contributed by atoms with Gasteiger partial charge in [0, 0.05) is 49.6 Å². The number of unbranched alkanes of at least 4 members (excludes halogenated alkanes) is 1. The Morgan fingerprint density at radius 3 is 2.53 bits per heavy atom. The smallest absolute Gasteiger partial charge is 0.355 e. The topological polar surface area (TPSA) is 172 Å². The molecule has 0 spiro atoms. The van der Waals surface area contributed by atoms with Crippen LogP contribution in [0.3, 0.4) is 0 Å². The van der Waals surface area contributed by atoms with Crippen molar-refractivity contribution >= 4 is 67.1 Å². The van der Waals surface area contributed by atoms with Crippen LogP contribution in [0.4, 0.5) is 10.9 Å². The third-order valence-corrected chi connectivity index (χ3v) is 16.6. The number of carboxylic acids is 1. The summed E-state index contributed by atoms with van der Waals surface area (Å²) >= 11 is 1.44. The molecule has 3 fully saturated rings. The number of amides is 3. The number of carbonyl (C=O) groups is 4. The Morgan fingerprint density at radius 2 is 1.69 bits per heavy atom. The van der Waals surface area contributed by atoms with E-state index in [4.69, 9.17) is 14.8 Å². The van der Waals surface area contributed by atoms with Gasteiger partial charge in [0.1, 0.15) is 11.6 Å². The van der Waals surface area contributed by atoms with Gasteiger partial charge in [-0.1, -0.05) is 78.8 Å². The Bertz CT molecular complexity index is 3200. The molecule has 4 aliphatic rings. The van der Waals surface area contributed by atoms with Crippen LogP contribution in [-0.2, 0) is 29.6 Å². The van der Waals surface area contributed by atoms with E-state index in [1.165, 1.54) is 36.2 Å². The second-order valence-electron chi connectivity index (χ2n) is 20.2. The SMILES string of the molecule is Cc1c(OC2CCC(CCCCN3CC[C@@H](c4cccc5c([C@@H]6CCC(=O)NC6=O)nn(C)c45)C3)CC2)cccc1-c1ccc(N2CCc3cccc(C(=O)Nc4nc5ccccc5s4)c3C2)nc1C(=O)O. The monoisotopic (exact) mass is 984 g/mol. The summed E-state index contributed by atoms with van der Waals surface area (Å²) in [5.41, 5.74) is 8.77. The van der Waals surface area contributed by atoms with Crippen LogP contribution < -0.4 is 20.3 Å². The fourth-order valence-electron chi connectivity index (χ4n) is 11.8. The van der Waals surface area contributed by atoms with Crippen molar-refractivity contribution in [2.75, 3.05) is 36.4 Å². The van der Waals surface area contributed by atoms with Gasteiger partial charge in [-0.15, -0.1) is 0 Å². The number of aromatic carboxylic acids is 1. The minimum Gasteiger partial charge on any atom is -0.490 e. The van der Waals surface area contributed by atoms with E-state index < -0.39 is 11.9 Å². The Morgan fingerprint density at radius 1 is 0.861 bits per heavy atom. The summed E-state index contributed by atoms with van der Waals surface area (Å²) in [6, 6.07) is 29.6. The molecular formula is C57H60N8O6S. The maximum Gasteiger partial charge on any atom is 0.355 e. The molecule has 6 heterocycles. The van der Waals surface area contributed by atoms with E-state index in [1.807, 2.05) is 91.4 Å². The number of nitrogens with one attached hydrogen (secondary N) is 2. The van der Waals surface area contributed by atoms with Crippen LogP contribution in [0.5, 0.6) is 5.75 Å². The molecule has 7 aromatic rings. The molecule has 1 aliphatic carbocycles. The molecule has 2 atom stereocenters. The summed E-state index contributed by atoms with van der Waals surface area (Å²) in [6.07, 6.45) is 10.6. The lowest BCUT2D eigenvalue weighted by molar-refractivity contribution is -0.134. The molecule has 11 rings (SSSR count). The summed E-state index contributed by atoms with van der Waals surface area (Å²) < 4.78 is 9.63. The van der Waals surface area contributed by atoms with Gasteiger partial charge >= 0.3 is 5.97 Å². The number of rotatable bonds is 14. The van der Waals surface area contributed by atoms with Gasteiger partial charge in [0.05, 0.1) is 33.4 Å². The van der Waals surface area contributed by atoms with Crippen molar-refractivity contribution in [2.45, 2.75) is 102 Å². The number of hydrogen-bond donors (Lipinski definition) is 3. The molecule has 3 amide bonds. The molecule has 15 heteroatoms. The van der Waals surface area contributed by atoms with Crippen molar-refractivity contribution in [1.82, 2.24) is 30.0 Å². The second-order valence-corrected chi connectivity index (χ2v) is 21.2. The number of carbonyl (C=O) groups excluding carboxylic acids is 3. The van der Waals surface area contributed by atoms with E-state index in [9.17, 15) is 24.3 Å². The molecule has 4 aromatic carbocycles. The predicted molar refractivity (Wildman–Crippen MR) is 280 cm³/mol. The third-order valence-electron chi connectivity index (χ3n) is 15.6. The fraction of sp³-hybridized carbons (Fsp3) is 0.386. The third kappa shape index (κ3) is 9.59. The number of hydrogen-bond acceptors (Lipinski definition) is 11. The van der Waals surface area contributed by atoms with E-state index in [1.54, 1.807) is 0 Å². The number of anilines is 2. The first-order valence-corrected chi connectivity index (χ1v) is 26.4. The van der Waals surface area contributed by atoms with Crippen LogP contribution in [0.1, 0.15) is 125 Å². The first-order chi connectivity index (χ1) is 35.0. The first kappa shape index (κ1) is 47.4. The van der Waals surface area contributed by atoms with Crippen LogP contribution >= 0.6 is 11.3 Å². The number of para-hydroxylation sites is 2. The van der Waals surface area contributed by atoms with E-state index in [-0.39, 0.29) is 29.5 Å². The first-order valence-electron chi connectivity index (χ1n) is 25.6.